The van der Waals surface area contributed by atoms with Gasteiger partial charge in [-0.3, -0.25) is 4.90 Å². The number of nitrogens with zero attached hydrogens (tertiary/aromatic N) is 1. The fourth-order valence-corrected chi connectivity index (χ4v) is 2.79. The van der Waals surface area contributed by atoms with Crippen LogP contribution in [0, 0.1) is 0 Å². The lowest BCUT2D eigenvalue weighted by Gasteiger charge is -2.40. The molecule has 2 unspecified atom stereocenters. The predicted molar refractivity (Wildman–Crippen MR) is 66.6 cm³/mol. The molecule has 0 aromatic carbocycles. The van der Waals surface area contributed by atoms with Crippen molar-refractivity contribution in [3.05, 3.63) is 24.2 Å². The highest BCUT2D eigenvalue weighted by Crippen LogP contribution is 2.29. The van der Waals surface area contributed by atoms with Crippen LogP contribution in [0.4, 0.5) is 0 Å². The van der Waals surface area contributed by atoms with Gasteiger partial charge in [-0.25, -0.2) is 0 Å². The van der Waals surface area contributed by atoms with Gasteiger partial charge in [-0.05, 0) is 37.9 Å². The molecule has 2 rings (SSSR count). The van der Waals surface area contributed by atoms with Crippen molar-refractivity contribution in [3.8, 4) is 0 Å². The second-order valence-electron chi connectivity index (χ2n) is 4.67. The van der Waals surface area contributed by atoms with Crippen LogP contribution >= 0.6 is 0 Å². The van der Waals surface area contributed by atoms with Crippen molar-refractivity contribution in [2.75, 3.05) is 19.7 Å². The number of nitrogens with two attached hydrogens (primary N) is 1. The zero-order valence-corrected chi connectivity index (χ0v) is 10.2. The van der Waals surface area contributed by atoms with Crippen molar-refractivity contribution in [3.63, 3.8) is 0 Å². The standard InChI is InChI=1S/C13H22N2O2/c14-10-12(13-5-3-9-17-13)15-7-2-1-4-11(15)6-8-16/h3,5,9,11-12,16H,1-2,4,6-8,10,14H2. The number of hydrogen-bond acceptors (Lipinski definition) is 4. The molecule has 3 N–H and O–H groups in total. The third-order valence-corrected chi connectivity index (χ3v) is 3.63. The van der Waals surface area contributed by atoms with Gasteiger partial charge in [0.25, 0.3) is 0 Å². The summed E-state index contributed by atoms with van der Waals surface area (Å²) in [5, 5.41) is 9.14. The van der Waals surface area contributed by atoms with Gasteiger partial charge in [-0.15, -0.1) is 0 Å². The number of furan rings is 1. The average molecular weight is 238 g/mol. The van der Waals surface area contributed by atoms with Crippen molar-refractivity contribution in [1.82, 2.24) is 4.90 Å². The van der Waals surface area contributed by atoms with Crippen LogP contribution in [-0.2, 0) is 0 Å². The van der Waals surface area contributed by atoms with Crippen LogP contribution in [0.15, 0.2) is 22.8 Å². The van der Waals surface area contributed by atoms with Crippen LogP contribution in [0.3, 0.4) is 0 Å². The van der Waals surface area contributed by atoms with Crippen LogP contribution in [0.1, 0.15) is 37.5 Å². The Morgan fingerprint density at radius 2 is 2.41 bits per heavy atom. The van der Waals surface area contributed by atoms with E-state index in [1.165, 1.54) is 12.8 Å². The summed E-state index contributed by atoms with van der Waals surface area (Å²) in [6.07, 6.45) is 6.13. The van der Waals surface area contributed by atoms with Gasteiger partial charge in [0.15, 0.2) is 0 Å². The summed E-state index contributed by atoms with van der Waals surface area (Å²) in [6.45, 7) is 1.86. The van der Waals surface area contributed by atoms with E-state index in [2.05, 4.69) is 4.90 Å². The molecule has 4 nitrogen and oxygen atoms in total. The van der Waals surface area contributed by atoms with E-state index in [0.717, 1.165) is 25.1 Å². The van der Waals surface area contributed by atoms with Crippen molar-refractivity contribution in [2.45, 2.75) is 37.8 Å². The van der Waals surface area contributed by atoms with Crippen molar-refractivity contribution in [1.29, 1.82) is 0 Å². The Morgan fingerprint density at radius 1 is 1.53 bits per heavy atom. The molecule has 1 saturated heterocycles. The fourth-order valence-electron chi connectivity index (χ4n) is 2.79. The monoisotopic (exact) mass is 238 g/mol. The molecule has 96 valence electrons. The first-order chi connectivity index (χ1) is 8.36. The summed E-state index contributed by atoms with van der Waals surface area (Å²) in [5.74, 6) is 0.942. The second-order valence-corrected chi connectivity index (χ2v) is 4.67. The van der Waals surface area contributed by atoms with Crippen LogP contribution < -0.4 is 5.73 Å². The highest BCUT2D eigenvalue weighted by atomic mass is 16.3. The first-order valence-corrected chi connectivity index (χ1v) is 6.47. The zero-order chi connectivity index (χ0) is 12.1. The fraction of sp³-hybridized carbons (Fsp3) is 0.692. The SMILES string of the molecule is NCC(c1ccco1)N1CCCCC1CCO. The molecule has 1 aliphatic heterocycles. The molecule has 0 bridgehead atoms. The van der Waals surface area contributed by atoms with E-state index in [1.807, 2.05) is 12.1 Å². The molecule has 0 radical (unpaired) electrons. The molecule has 0 saturated carbocycles. The van der Waals surface area contributed by atoms with Crippen molar-refractivity contribution < 1.29 is 9.52 Å². The molecule has 2 heterocycles. The lowest BCUT2D eigenvalue weighted by atomic mass is 9.96. The van der Waals surface area contributed by atoms with E-state index >= 15 is 0 Å². The van der Waals surface area contributed by atoms with E-state index < -0.39 is 0 Å². The van der Waals surface area contributed by atoms with Gasteiger partial charge < -0.3 is 15.3 Å². The minimum atomic E-state index is 0.154. The van der Waals surface area contributed by atoms with Gasteiger partial charge in [-0.2, -0.15) is 0 Å². The van der Waals surface area contributed by atoms with E-state index in [0.29, 0.717) is 12.6 Å². The Morgan fingerprint density at radius 3 is 3.06 bits per heavy atom. The van der Waals surface area contributed by atoms with E-state index in [9.17, 15) is 0 Å². The lowest BCUT2D eigenvalue weighted by Crippen LogP contribution is -2.44. The lowest BCUT2D eigenvalue weighted by molar-refractivity contribution is 0.0685. The second kappa shape index (κ2) is 6.19. The highest BCUT2D eigenvalue weighted by molar-refractivity contribution is 5.06. The maximum absolute atomic E-state index is 9.14. The van der Waals surface area contributed by atoms with Gasteiger partial charge >= 0.3 is 0 Å². The summed E-state index contributed by atoms with van der Waals surface area (Å²) >= 11 is 0. The first kappa shape index (κ1) is 12.6. The molecule has 0 aliphatic carbocycles. The summed E-state index contributed by atoms with van der Waals surface area (Å²) in [5.41, 5.74) is 5.89. The molecule has 1 fully saturated rings. The van der Waals surface area contributed by atoms with E-state index in [1.54, 1.807) is 6.26 Å². The van der Waals surface area contributed by atoms with Gasteiger partial charge in [0.05, 0.1) is 12.3 Å². The van der Waals surface area contributed by atoms with Crippen molar-refractivity contribution in [2.24, 2.45) is 5.73 Å². The smallest absolute Gasteiger partial charge is 0.122 e. The minimum absolute atomic E-state index is 0.154. The average Bonchev–Trinajstić information content (AvgIpc) is 2.86. The Labute approximate surface area is 102 Å². The summed E-state index contributed by atoms with van der Waals surface area (Å²) in [4.78, 5) is 2.40. The molecule has 2 atom stereocenters. The zero-order valence-electron chi connectivity index (χ0n) is 10.2. The molecule has 0 spiro atoms. The Hall–Kier alpha value is -0.840. The molecule has 17 heavy (non-hydrogen) atoms. The van der Waals surface area contributed by atoms with Crippen LogP contribution in [0.25, 0.3) is 0 Å². The number of piperidine rings is 1. The Kier molecular flexibility index (Phi) is 4.59. The molecular formula is C13H22N2O2. The minimum Gasteiger partial charge on any atom is -0.468 e. The Bertz CT molecular complexity index is 311. The van der Waals surface area contributed by atoms with Gasteiger partial charge in [-0.1, -0.05) is 6.42 Å². The van der Waals surface area contributed by atoms with Gasteiger partial charge in [0.1, 0.15) is 5.76 Å². The molecule has 1 aliphatic rings. The summed E-state index contributed by atoms with van der Waals surface area (Å²) in [6, 6.07) is 4.49. The largest absolute Gasteiger partial charge is 0.468 e. The molecule has 4 heteroatoms. The third-order valence-electron chi connectivity index (χ3n) is 3.63. The maximum Gasteiger partial charge on any atom is 0.122 e. The number of likely N-dealkylation sites (tertiary alicyclic amines) is 1. The summed E-state index contributed by atoms with van der Waals surface area (Å²) < 4.78 is 5.48. The first-order valence-electron chi connectivity index (χ1n) is 6.47. The molecule has 1 aromatic heterocycles. The highest BCUT2D eigenvalue weighted by Gasteiger charge is 2.29. The Balaban J connectivity index is 2.10. The normalized spacial score (nSPS) is 23.8. The number of aliphatic hydroxyl groups excluding tert-OH is 1. The quantitative estimate of drug-likeness (QED) is 0.816. The molecule has 1 aromatic rings. The van der Waals surface area contributed by atoms with Gasteiger partial charge in [0, 0.05) is 19.2 Å². The van der Waals surface area contributed by atoms with Crippen LogP contribution in [0.2, 0.25) is 0 Å². The van der Waals surface area contributed by atoms with Crippen LogP contribution in [0.5, 0.6) is 0 Å². The third kappa shape index (κ3) is 2.89. The molecular weight excluding hydrogens is 216 g/mol. The maximum atomic E-state index is 9.14. The number of aliphatic hydroxyl groups is 1. The van der Waals surface area contributed by atoms with Gasteiger partial charge in [0.2, 0.25) is 0 Å². The number of rotatable bonds is 5. The topological polar surface area (TPSA) is 62.6 Å². The van der Waals surface area contributed by atoms with E-state index in [-0.39, 0.29) is 12.6 Å². The predicted octanol–water partition coefficient (Wildman–Crippen LogP) is 1.52. The molecule has 0 amide bonds. The number of hydrogen-bond donors (Lipinski definition) is 2. The van der Waals surface area contributed by atoms with Crippen LogP contribution in [-0.4, -0.2) is 35.7 Å². The summed E-state index contributed by atoms with van der Waals surface area (Å²) in [7, 11) is 0. The van der Waals surface area contributed by atoms with E-state index in [4.69, 9.17) is 15.3 Å². The van der Waals surface area contributed by atoms with Crippen molar-refractivity contribution >= 4 is 0 Å².